The van der Waals surface area contributed by atoms with E-state index in [1.807, 2.05) is 30.7 Å². The summed E-state index contributed by atoms with van der Waals surface area (Å²) < 4.78 is 11.4. The van der Waals surface area contributed by atoms with Gasteiger partial charge in [0.05, 0.1) is 23.9 Å². The van der Waals surface area contributed by atoms with Gasteiger partial charge in [0.25, 0.3) is 5.91 Å². The average molecular weight is 340 g/mol. The Morgan fingerprint density at radius 3 is 2.83 bits per heavy atom. The molecule has 1 aromatic rings. The van der Waals surface area contributed by atoms with Crippen molar-refractivity contribution in [2.45, 2.75) is 25.6 Å². The van der Waals surface area contributed by atoms with Crippen molar-refractivity contribution in [1.82, 2.24) is 9.80 Å². The molecule has 7 heteroatoms. The van der Waals surface area contributed by atoms with Crippen LogP contribution in [-0.4, -0.2) is 73.7 Å². The largest absolute Gasteiger partial charge is 0.369 e. The standard InChI is InChI=1S/C16H24N2O4S/c1-16(2)11-18(15(20)12-5-6-23-10-12)7-13(22-16)8-21-9-14(19)17(3)4/h5-6,10,13H,7-9,11H2,1-4H3/t13-/m0/s1. The molecule has 6 nitrogen and oxygen atoms in total. The molecule has 1 atom stereocenters. The van der Waals surface area contributed by atoms with E-state index >= 15 is 0 Å². The molecule has 1 aliphatic rings. The van der Waals surface area contributed by atoms with Crippen LogP contribution in [0.25, 0.3) is 0 Å². The average Bonchev–Trinajstić information content (AvgIpc) is 2.98. The highest BCUT2D eigenvalue weighted by Crippen LogP contribution is 2.23. The minimum absolute atomic E-state index is 0.0111. The van der Waals surface area contributed by atoms with Crippen LogP contribution >= 0.6 is 11.3 Å². The summed E-state index contributed by atoms with van der Waals surface area (Å²) in [4.78, 5) is 27.4. The van der Waals surface area contributed by atoms with Crippen molar-refractivity contribution in [3.63, 3.8) is 0 Å². The second-order valence-corrected chi connectivity index (χ2v) is 7.28. The van der Waals surface area contributed by atoms with E-state index < -0.39 is 5.60 Å². The number of hydrogen-bond donors (Lipinski definition) is 0. The molecule has 0 saturated carbocycles. The second kappa shape index (κ2) is 7.42. The fourth-order valence-corrected chi connectivity index (χ4v) is 3.14. The van der Waals surface area contributed by atoms with Crippen LogP contribution in [0.5, 0.6) is 0 Å². The predicted molar refractivity (Wildman–Crippen MR) is 88.7 cm³/mol. The van der Waals surface area contributed by atoms with E-state index in [2.05, 4.69) is 0 Å². The first kappa shape index (κ1) is 17.9. The molecule has 0 bridgehead atoms. The molecule has 1 aromatic heterocycles. The van der Waals surface area contributed by atoms with Crippen molar-refractivity contribution in [3.05, 3.63) is 22.4 Å². The fourth-order valence-electron chi connectivity index (χ4n) is 2.51. The summed E-state index contributed by atoms with van der Waals surface area (Å²) in [5, 5.41) is 3.75. The zero-order valence-electron chi connectivity index (χ0n) is 14.1. The van der Waals surface area contributed by atoms with E-state index in [4.69, 9.17) is 9.47 Å². The smallest absolute Gasteiger partial charge is 0.254 e. The molecule has 128 valence electrons. The van der Waals surface area contributed by atoms with Gasteiger partial charge in [-0.2, -0.15) is 11.3 Å². The summed E-state index contributed by atoms with van der Waals surface area (Å²) in [7, 11) is 3.38. The summed E-state index contributed by atoms with van der Waals surface area (Å²) in [5.41, 5.74) is 0.263. The first-order valence-corrected chi connectivity index (χ1v) is 8.50. The Morgan fingerprint density at radius 1 is 1.48 bits per heavy atom. The third kappa shape index (κ3) is 5.02. The van der Waals surface area contributed by atoms with Gasteiger partial charge >= 0.3 is 0 Å². The van der Waals surface area contributed by atoms with Gasteiger partial charge in [0.1, 0.15) is 6.61 Å². The number of thiophene rings is 1. The van der Waals surface area contributed by atoms with E-state index in [1.54, 1.807) is 19.0 Å². The van der Waals surface area contributed by atoms with Crippen molar-refractivity contribution in [3.8, 4) is 0 Å². The van der Waals surface area contributed by atoms with Crippen molar-refractivity contribution >= 4 is 23.2 Å². The molecule has 2 amide bonds. The highest BCUT2D eigenvalue weighted by Gasteiger charge is 2.36. The van der Waals surface area contributed by atoms with Crippen LogP contribution in [0.1, 0.15) is 24.2 Å². The molecule has 1 saturated heterocycles. The number of amides is 2. The normalized spacial score (nSPS) is 20.3. The molecule has 0 radical (unpaired) electrons. The Morgan fingerprint density at radius 2 is 2.22 bits per heavy atom. The highest BCUT2D eigenvalue weighted by molar-refractivity contribution is 7.08. The van der Waals surface area contributed by atoms with E-state index in [0.717, 1.165) is 0 Å². The number of ether oxygens (including phenoxy) is 2. The Balaban J connectivity index is 1.93. The number of hydrogen-bond acceptors (Lipinski definition) is 5. The maximum absolute atomic E-state index is 12.5. The van der Waals surface area contributed by atoms with Crippen LogP contribution in [0.15, 0.2) is 16.8 Å². The Kier molecular flexibility index (Phi) is 5.78. The third-order valence-corrected chi connectivity index (χ3v) is 4.25. The lowest BCUT2D eigenvalue weighted by molar-refractivity contribution is -0.153. The van der Waals surface area contributed by atoms with Gasteiger partial charge in [0.15, 0.2) is 0 Å². The number of nitrogens with zero attached hydrogens (tertiary/aromatic N) is 2. The molecule has 2 rings (SSSR count). The molecule has 23 heavy (non-hydrogen) atoms. The van der Waals surface area contributed by atoms with Gasteiger partial charge in [0.2, 0.25) is 5.91 Å². The molecular weight excluding hydrogens is 316 g/mol. The van der Waals surface area contributed by atoms with E-state index in [-0.39, 0.29) is 31.1 Å². The topological polar surface area (TPSA) is 59.1 Å². The Labute approximate surface area is 141 Å². The Bertz CT molecular complexity index is 542. The molecule has 0 N–H and O–H groups in total. The maximum atomic E-state index is 12.5. The van der Waals surface area contributed by atoms with Gasteiger partial charge in [-0.05, 0) is 25.3 Å². The van der Waals surface area contributed by atoms with Crippen molar-refractivity contribution in [1.29, 1.82) is 0 Å². The molecule has 0 aromatic carbocycles. The van der Waals surface area contributed by atoms with Crippen molar-refractivity contribution in [2.24, 2.45) is 0 Å². The van der Waals surface area contributed by atoms with Crippen molar-refractivity contribution < 1.29 is 19.1 Å². The lowest BCUT2D eigenvalue weighted by atomic mass is 10.0. The SMILES string of the molecule is CN(C)C(=O)COC[C@@H]1CN(C(=O)c2ccsc2)CC(C)(C)O1. The van der Waals surface area contributed by atoms with E-state index in [9.17, 15) is 9.59 Å². The minimum atomic E-state index is -0.441. The van der Waals surface area contributed by atoms with Crippen LogP contribution in [0.3, 0.4) is 0 Å². The molecule has 0 spiro atoms. The van der Waals surface area contributed by atoms with Gasteiger partial charge in [0, 0.05) is 32.6 Å². The summed E-state index contributed by atoms with van der Waals surface area (Å²) in [5.74, 6) is -0.0803. The number of likely N-dealkylation sites (N-methyl/N-ethyl adjacent to an activating group) is 1. The summed E-state index contributed by atoms with van der Waals surface area (Å²) in [6, 6.07) is 1.83. The van der Waals surface area contributed by atoms with Gasteiger partial charge < -0.3 is 19.3 Å². The zero-order chi connectivity index (χ0) is 17.0. The van der Waals surface area contributed by atoms with Gasteiger partial charge in [-0.25, -0.2) is 0 Å². The van der Waals surface area contributed by atoms with Gasteiger partial charge in [-0.1, -0.05) is 0 Å². The van der Waals surface area contributed by atoms with Crippen LogP contribution in [0.2, 0.25) is 0 Å². The highest BCUT2D eigenvalue weighted by atomic mass is 32.1. The Hall–Kier alpha value is -1.44. The van der Waals surface area contributed by atoms with Crippen LogP contribution in [0.4, 0.5) is 0 Å². The van der Waals surface area contributed by atoms with E-state index in [1.165, 1.54) is 16.2 Å². The van der Waals surface area contributed by atoms with E-state index in [0.29, 0.717) is 18.7 Å². The lowest BCUT2D eigenvalue weighted by Gasteiger charge is -2.42. The third-order valence-electron chi connectivity index (χ3n) is 3.56. The monoisotopic (exact) mass is 340 g/mol. The molecule has 1 fully saturated rings. The summed E-state index contributed by atoms with van der Waals surface area (Å²) in [6.45, 7) is 5.22. The molecule has 1 aliphatic heterocycles. The number of carbonyl (C=O) groups is 2. The quantitative estimate of drug-likeness (QED) is 0.814. The number of rotatable bonds is 5. The molecular formula is C16H24N2O4S. The second-order valence-electron chi connectivity index (χ2n) is 6.50. The maximum Gasteiger partial charge on any atom is 0.254 e. The molecule has 0 aliphatic carbocycles. The summed E-state index contributed by atoms with van der Waals surface area (Å²) in [6.07, 6.45) is -0.240. The van der Waals surface area contributed by atoms with Gasteiger partial charge in [-0.3, -0.25) is 9.59 Å². The summed E-state index contributed by atoms with van der Waals surface area (Å²) >= 11 is 1.51. The molecule has 2 heterocycles. The fraction of sp³-hybridized carbons (Fsp3) is 0.625. The van der Waals surface area contributed by atoms with Crippen LogP contribution in [0, 0.1) is 0 Å². The first-order valence-electron chi connectivity index (χ1n) is 7.56. The number of morpholine rings is 1. The van der Waals surface area contributed by atoms with Crippen molar-refractivity contribution in [2.75, 3.05) is 40.4 Å². The minimum Gasteiger partial charge on any atom is -0.369 e. The number of carbonyl (C=O) groups excluding carboxylic acids is 2. The zero-order valence-corrected chi connectivity index (χ0v) is 14.9. The van der Waals surface area contributed by atoms with Crippen LogP contribution < -0.4 is 0 Å². The van der Waals surface area contributed by atoms with Crippen LogP contribution in [-0.2, 0) is 14.3 Å². The first-order chi connectivity index (χ1) is 10.8. The van der Waals surface area contributed by atoms with Gasteiger partial charge in [-0.15, -0.1) is 0 Å². The predicted octanol–water partition coefficient (Wildman–Crippen LogP) is 1.47. The molecule has 0 unspecified atom stereocenters. The lowest BCUT2D eigenvalue weighted by Crippen LogP contribution is -2.55.